The zero-order valence-electron chi connectivity index (χ0n) is 45.5. The first-order valence-electron chi connectivity index (χ1n) is 29.1. The molecule has 0 fully saturated rings. The monoisotopic (exact) mass is 969 g/mol. The van der Waals surface area contributed by atoms with Gasteiger partial charge in [0.1, 0.15) is 6.61 Å². The largest absolute Gasteiger partial charge is 0.462 e. The molecule has 0 aromatic carbocycles. The lowest BCUT2D eigenvalue weighted by atomic mass is 10.0. The van der Waals surface area contributed by atoms with Crippen molar-refractivity contribution in [3.05, 3.63) is 122 Å². The van der Waals surface area contributed by atoms with E-state index in [4.69, 9.17) is 9.47 Å². The molecule has 0 aromatic rings. The van der Waals surface area contributed by atoms with Crippen molar-refractivity contribution in [1.82, 2.24) is 0 Å². The summed E-state index contributed by atoms with van der Waals surface area (Å²) >= 11 is 0. The normalized spacial score (nSPS) is 13.1. The van der Waals surface area contributed by atoms with Gasteiger partial charge in [-0.25, -0.2) is 0 Å². The smallest absolute Gasteiger partial charge is 0.306 e. The van der Waals surface area contributed by atoms with E-state index in [0.29, 0.717) is 12.8 Å². The molecule has 0 radical (unpaired) electrons. The molecule has 398 valence electrons. The third-order valence-electron chi connectivity index (χ3n) is 12.2. The highest BCUT2D eigenvalue weighted by molar-refractivity contribution is 5.70. The Morgan fingerprint density at radius 3 is 0.929 bits per heavy atom. The minimum absolute atomic E-state index is 0.0783. The van der Waals surface area contributed by atoms with Crippen molar-refractivity contribution in [2.24, 2.45) is 0 Å². The number of unbranched alkanes of at least 4 members (excludes halogenated alkanes) is 24. The molecule has 0 saturated carbocycles. The minimum atomic E-state index is -0.786. The molecule has 70 heavy (non-hydrogen) atoms. The van der Waals surface area contributed by atoms with Crippen LogP contribution in [-0.4, -0.2) is 36.4 Å². The molecule has 0 spiro atoms. The molecule has 0 rings (SSSR count). The Hall–Kier alpha value is -3.70. The molecule has 0 amide bonds. The van der Waals surface area contributed by atoms with Crippen LogP contribution in [0.15, 0.2) is 122 Å². The Balaban J connectivity index is 3.55. The standard InChI is InChI=1S/C65H108O5/c1-3-5-7-9-11-13-15-17-19-21-23-25-26-27-28-29-30-31-32-33-34-35-36-37-38-40-42-44-46-48-50-52-54-56-58-60-65(68)70-63(61-66)62-69-64(67)59-57-55-53-51-49-47-45-43-41-39-24-22-20-18-16-14-12-10-8-6-4-2/h5,7,11,13,16-19,22-25,27-28,30-31,33-34,41,43,63,66H,3-4,6,8-10,12,14-15,20-21,26,29,32,35-40,42,44-62H2,1-2H3/b7-5-,13-11-,18-16-,19-17-,24-22-,25-23-,28-27-,31-30-,34-33-,43-41-. The molecule has 0 heterocycles. The van der Waals surface area contributed by atoms with Gasteiger partial charge < -0.3 is 14.6 Å². The number of hydrogen-bond donors (Lipinski definition) is 1. The lowest BCUT2D eigenvalue weighted by Crippen LogP contribution is -2.28. The van der Waals surface area contributed by atoms with E-state index < -0.39 is 6.10 Å². The summed E-state index contributed by atoms with van der Waals surface area (Å²) < 4.78 is 10.7. The highest BCUT2D eigenvalue weighted by Crippen LogP contribution is 2.15. The van der Waals surface area contributed by atoms with Crippen LogP contribution >= 0.6 is 0 Å². The Morgan fingerprint density at radius 2 is 0.614 bits per heavy atom. The summed E-state index contributed by atoms with van der Waals surface area (Å²) in [5, 5.41) is 9.66. The molecule has 0 bridgehead atoms. The quantitative estimate of drug-likeness (QED) is 0.0374. The molecule has 0 aliphatic carbocycles. The number of esters is 2. The number of carbonyl (C=O) groups is 2. The van der Waals surface area contributed by atoms with E-state index in [2.05, 4.69) is 135 Å². The predicted octanol–water partition coefficient (Wildman–Crippen LogP) is 19.9. The Labute approximate surface area is 433 Å². The molecule has 1 atom stereocenters. The molecular weight excluding hydrogens is 861 g/mol. The average molecular weight is 970 g/mol. The molecule has 1 unspecified atom stereocenters. The maximum atomic E-state index is 12.3. The summed E-state index contributed by atoms with van der Waals surface area (Å²) in [5.74, 6) is -0.608. The van der Waals surface area contributed by atoms with Gasteiger partial charge in [0.25, 0.3) is 0 Å². The molecule has 1 N–H and O–H groups in total. The molecule has 5 nitrogen and oxygen atoms in total. The van der Waals surface area contributed by atoms with Crippen LogP contribution in [0.2, 0.25) is 0 Å². The van der Waals surface area contributed by atoms with Gasteiger partial charge in [0.15, 0.2) is 6.10 Å². The third-order valence-corrected chi connectivity index (χ3v) is 12.2. The van der Waals surface area contributed by atoms with Crippen molar-refractivity contribution in [3.8, 4) is 0 Å². The number of aliphatic hydroxyl groups is 1. The van der Waals surface area contributed by atoms with Gasteiger partial charge in [-0.15, -0.1) is 0 Å². The van der Waals surface area contributed by atoms with Crippen molar-refractivity contribution in [1.29, 1.82) is 0 Å². The maximum absolute atomic E-state index is 12.3. The fourth-order valence-electron chi connectivity index (χ4n) is 7.90. The first-order chi connectivity index (χ1) is 34.6. The Bertz CT molecular complexity index is 1420. The van der Waals surface area contributed by atoms with E-state index in [0.717, 1.165) is 103 Å². The fourth-order valence-corrected chi connectivity index (χ4v) is 7.90. The van der Waals surface area contributed by atoms with Gasteiger partial charge in [-0.05, 0) is 109 Å². The number of carbonyl (C=O) groups excluding carboxylic acids is 2. The Morgan fingerprint density at radius 1 is 0.343 bits per heavy atom. The van der Waals surface area contributed by atoms with Gasteiger partial charge in [-0.1, -0.05) is 257 Å². The van der Waals surface area contributed by atoms with Crippen LogP contribution in [0.5, 0.6) is 0 Å². The van der Waals surface area contributed by atoms with Crippen LogP contribution in [-0.2, 0) is 19.1 Å². The zero-order valence-corrected chi connectivity index (χ0v) is 45.5. The number of allylic oxidation sites excluding steroid dienone is 20. The van der Waals surface area contributed by atoms with Crippen LogP contribution in [0.25, 0.3) is 0 Å². The third kappa shape index (κ3) is 56.9. The van der Waals surface area contributed by atoms with Gasteiger partial charge in [-0.3, -0.25) is 9.59 Å². The molecule has 0 saturated heterocycles. The summed E-state index contributed by atoms with van der Waals surface area (Å²) in [5.41, 5.74) is 0. The van der Waals surface area contributed by atoms with Crippen molar-refractivity contribution in [2.75, 3.05) is 13.2 Å². The van der Waals surface area contributed by atoms with Crippen LogP contribution in [0.1, 0.15) is 258 Å². The average Bonchev–Trinajstić information content (AvgIpc) is 3.36. The first kappa shape index (κ1) is 66.3. The number of rotatable bonds is 52. The van der Waals surface area contributed by atoms with Crippen molar-refractivity contribution >= 4 is 11.9 Å². The number of aliphatic hydroxyl groups excluding tert-OH is 1. The van der Waals surface area contributed by atoms with E-state index in [1.165, 1.54) is 128 Å². The summed E-state index contributed by atoms with van der Waals surface area (Å²) in [7, 11) is 0. The van der Waals surface area contributed by atoms with Gasteiger partial charge in [-0.2, -0.15) is 0 Å². The SMILES string of the molecule is CC/C=C\C/C=C\C/C=C\C/C=C\C/C=C\C/C=C\C/C=C\CCCCCCCCCCCCCCCC(=O)OC(CO)COC(=O)CCCCCCCC/C=C\C/C=C\C/C=C\CCCCCCC. The van der Waals surface area contributed by atoms with Gasteiger partial charge >= 0.3 is 11.9 Å². The molecular formula is C65H108O5. The van der Waals surface area contributed by atoms with Crippen LogP contribution < -0.4 is 0 Å². The highest BCUT2D eigenvalue weighted by atomic mass is 16.6. The summed E-state index contributed by atoms with van der Waals surface area (Å²) in [4.78, 5) is 24.5. The van der Waals surface area contributed by atoms with E-state index in [9.17, 15) is 14.7 Å². The second-order valence-corrected chi connectivity index (χ2v) is 19.0. The van der Waals surface area contributed by atoms with Gasteiger partial charge in [0.05, 0.1) is 6.61 Å². The van der Waals surface area contributed by atoms with Gasteiger partial charge in [0, 0.05) is 12.8 Å². The minimum Gasteiger partial charge on any atom is -0.462 e. The van der Waals surface area contributed by atoms with Crippen LogP contribution in [0.3, 0.4) is 0 Å². The van der Waals surface area contributed by atoms with Crippen molar-refractivity contribution < 1.29 is 24.2 Å². The number of hydrogen-bond acceptors (Lipinski definition) is 5. The second kappa shape index (κ2) is 59.6. The lowest BCUT2D eigenvalue weighted by Gasteiger charge is -2.15. The van der Waals surface area contributed by atoms with Gasteiger partial charge in [0.2, 0.25) is 0 Å². The van der Waals surface area contributed by atoms with Crippen LogP contribution in [0.4, 0.5) is 0 Å². The summed E-state index contributed by atoms with van der Waals surface area (Å²) in [6.07, 6.45) is 87.4. The second-order valence-electron chi connectivity index (χ2n) is 19.0. The molecule has 5 heteroatoms. The molecule has 0 aliphatic rings. The van der Waals surface area contributed by atoms with E-state index in [-0.39, 0.29) is 25.2 Å². The fraction of sp³-hybridized carbons (Fsp3) is 0.662. The number of ether oxygens (including phenoxy) is 2. The zero-order chi connectivity index (χ0) is 50.6. The summed E-state index contributed by atoms with van der Waals surface area (Å²) in [6.45, 7) is 4.01. The first-order valence-corrected chi connectivity index (χ1v) is 29.1. The molecule has 0 aliphatic heterocycles. The summed E-state index contributed by atoms with van der Waals surface area (Å²) in [6, 6.07) is 0. The predicted molar refractivity (Wildman–Crippen MR) is 306 cm³/mol. The molecule has 0 aromatic heterocycles. The van der Waals surface area contributed by atoms with E-state index in [1.54, 1.807) is 0 Å². The van der Waals surface area contributed by atoms with Crippen LogP contribution in [0, 0.1) is 0 Å². The lowest BCUT2D eigenvalue weighted by molar-refractivity contribution is -0.161. The highest BCUT2D eigenvalue weighted by Gasteiger charge is 2.16. The Kier molecular flexibility index (Phi) is 56.5. The topological polar surface area (TPSA) is 72.8 Å². The van der Waals surface area contributed by atoms with Crippen molar-refractivity contribution in [3.63, 3.8) is 0 Å². The van der Waals surface area contributed by atoms with Crippen molar-refractivity contribution in [2.45, 2.75) is 264 Å². The van der Waals surface area contributed by atoms with E-state index in [1.807, 2.05) is 0 Å². The maximum Gasteiger partial charge on any atom is 0.306 e. The van der Waals surface area contributed by atoms with E-state index >= 15 is 0 Å².